The van der Waals surface area contributed by atoms with Crippen LogP contribution in [0.15, 0.2) is 23.1 Å². The molecule has 0 heterocycles. The van der Waals surface area contributed by atoms with Crippen molar-refractivity contribution >= 4 is 10.0 Å². The summed E-state index contributed by atoms with van der Waals surface area (Å²) in [6, 6.07) is 5.28. The molecule has 0 fully saturated rings. The Morgan fingerprint density at radius 2 is 1.94 bits per heavy atom. The van der Waals surface area contributed by atoms with Crippen LogP contribution >= 0.6 is 0 Å². The first-order valence-corrected chi connectivity index (χ1v) is 7.71. The lowest BCUT2D eigenvalue weighted by Crippen LogP contribution is -2.32. The van der Waals surface area contributed by atoms with Gasteiger partial charge in [-0.1, -0.05) is 26.0 Å². The van der Waals surface area contributed by atoms with Gasteiger partial charge < -0.3 is 5.73 Å². The van der Waals surface area contributed by atoms with Crippen LogP contribution in [0, 0.1) is 6.92 Å². The summed E-state index contributed by atoms with van der Waals surface area (Å²) < 4.78 is 26.4. The topological polar surface area (TPSA) is 63.4 Å². The minimum atomic E-state index is -3.38. The fourth-order valence-corrected chi connectivity index (χ4v) is 3.71. The van der Waals surface area contributed by atoms with E-state index in [1.54, 1.807) is 12.1 Å². The Labute approximate surface area is 110 Å². The zero-order valence-corrected chi connectivity index (χ0v) is 12.1. The largest absolute Gasteiger partial charge is 0.326 e. The first-order chi connectivity index (χ1) is 8.47. The monoisotopic (exact) mass is 270 g/mol. The van der Waals surface area contributed by atoms with Crippen molar-refractivity contribution in [2.75, 3.05) is 13.1 Å². The van der Waals surface area contributed by atoms with Crippen LogP contribution in [0.25, 0.3) is 0 Å². The summed E-state index contributed by atoms with van der Waals surface area (Å²) in [5, 5.41) is 0. The maximum absolute atomic E-state index is 12.5. The molecule has 0 aliphatic carbocycles. The Morgan fingerprint density at radius 3 is 2.39 bits per heavy atom. The molecule has 0 saturated carbocycles. The van der Waals surface area contributed by atoms with Gasteiger partial charge in [-0.3, -0.25) is 0 Å². The zero-order valence-electron chi connectivity index (χ0n) is 11.3. The van der Waals surface area contributed by atoms with Crippen molar-refractivity contribution in [2.45, 2.75) is 38.6 Å². The molecular weight excluding hydrogens is 248 g/mol. The SMILES string of the molecule is CCCN(CC)S(=O)(=O)c1ccc(CN)cc1C. The second-order valence-corrected chi connectivity index (χ2v) is 6.21. The molecule has 0 aliphatic rings. The van der Waals surface area contributed by atoms with Gasteiger partial charge in [0.25, 0.3) is 0 Å². The number of rotatable bonds is 6. The number of hydrogen-bond acceptors (Lipinski definition) is 3. The quantitative estimate of drug-likeness (QED) is 0.858. The van der Waals surface area contributed by atoms with Crippen molar-refractivity contribution in [2.24, 2.45) is 5.73 Å². The molecule has 0 atom stereocenters. The summed E-state index contributed by atoms with van der Waals surface area (Å²) in [5.74, 6) is 0. The Hall–Kier alpha value is -0.910. The fourth-order valence-electron chi connectivity index (χ4n) is 1.96. The van der Waals surface area contributed by atoms with Crippen LogP contribution in [0.5, 0.6) is 0 Å². The second-order valence-electron chi connectivity index (χ2n) is 4.30. The van der Waals surface area contributed by atoms with E-state index in [-0.39, 0.29) is 0 Å². The molecular formula is C13H22N2O2S. The Morgan fingerprint density at radius 1 is 1.28 bits per heavy atom. The van der Waals surface area contributed by atoms with E-state index in [2.05, 4.69) is 0 Å². The Balaban J connectivity index is 3.19. The van der Waals surface area contributed by atoms with E-state index in [0.29, 0.717) is 24.5 Å². The van der Waals surface area contributed by atoms with Crippen LogP contribution < -0.4 is 5.73 Å². The van der Waals surface area contributed by atoms with Crippen molar-refractivity contribution < 1.29 is 8.42 Å². The number of aryl methyl sites for hydroxylation is 1. The number of nitrogens with zero attached hydrogens (tertiary/aromatic N) is 1. The number of benzene rings is 1. The van der Waals surface area contributed by atoms with Gasteiger partial charge in [0.15, 0.2) is 0 Å². The summed E-state index contributed by atoms with van der Waals surface area (Å²) >= 11 is 0. The van der Waals surface area contributed by atoms with Gasteiger partial charge >= 0.3 is 0 Å². The van der Waals surface area contributed by atoms with Crippen LogP contribution in [-0.2, 0) is 16.6 Å². The fraction of sp³-hybridized carbons (Fsp3) is 0.538. The smallest absolute Gasteiger partial charge is 0.243 e. The van der Waals surface area contributed by atoms with E-state index in [1.807, 2.05) is 26.8 Å². The third-order valence-electron chi connectivity index (χ3n) is 2.92. The van der Waals surface area contributed by atoms with Crippen molar-refractivity contribution in [3.63, 3.8) is 0 Å². The van der Waals surface area contributed by atoms with Crippen LogP contribution in [0.1, 0.15) is 31.4 Å². The van der Waals surface area contributed by atoms with Crippen LogP contribution in [0.3, 0.4) is 0 Å². The summed E-state index contributed by atoms with van der Waals surface area (Å²) in [5.41, 5.74) is 7.26. The highest BCUT2D eigenvalue weighted by atomic mass is 32.2. The predicted molar refractivity (Wildman–Crippen MR) is 73.8 cm³/mol. The van der Waals surface area contributed by atoms with Crippen LogP contribution in [0.4, 0.5) is 0 Å². The van der Waals surface area contributed by atoms with Crippen molar-refractivity contribution in [3.8, 4) is 0 Å². The summed E-state index contributed by atoms with van der Waals surface area (Å²) in [6.45, 7) is 7.12. The average molecular weight is 270 g/mol. The lowest BCUT2D eigenvalue weighted by Gasteiger charge is -2.21. The number of nitrogens with two attached hydrogens (primary N) is 1. The molecule has 1 rings (SSSR count). The molecule has 0 aromatic heterocycles. The molecule has 0 amide bonds. The molecule has 5 heteroatoms. The molecule has 1 aromatic rings. The van der Waals surface area contributed by atoms with Gasteiger partial charge in [0.1, 0.15) is 0 Å². The van der Waals surface area contributed by atoms with Gasteiger partial charge in [-0.05, 0) is 30.5 Å². The van der Waals surface area contributed by atoms with E-state index in [9.17, 15) is 8.42 Å². The molecule has 0 spiro atoms. The van der Waals surface area contributed by atoms with Crippen molar-refractivity contribution in [1.82, 2.24) is 4.31 Å². The van der Waals surface area contributed by atoms with E-state index in [4.69, 9.17) is 5.73 Å². The van der Waals surface area contributed by atoms with Gasteiger partial charge in [-0.15, -0.1) is 0 Å². The van der Waals surface area contributed by atoms with E-state index in [1.165, 1.54) is 4.31 Å². The first-order valence-electron chi connectivity index (χ1n) is 6.27. The Kier molecular flexibility index (Phi) is 5.31. The lowest BCUT2D eigenvalue weighted by molar-refractivity contribution is 0.427. The summed E-state index contributed by atoms with van der Waals surface area (Å²) in [4.78, 5) is 0.384. The number of sulfonamides is 1. The highest BCUT2D eigenvalue weighted by Crippen LogP contribution is 2.21. The molecule has 4 nitrogen and oxygen atoms in total. The first kappa shape index (κ1) is 15.1. The zero-order chi connectivity index (χ0) is 13.8. The lowest BCUT2D eigenvalue weighted by atomic mass is 10.1. The highest BCUT2D eigenvalue weighted by Gasteiger charge is 2.23. The van der Waals surface area contributed by atoms with Gasteiger partial charge in [-0.25, -0.2) is 8.42 Å². The maximum Gasteiger partial charge on any atom is 0.243 e. The molecule has 0 aliphatic heterocycles. The molecule has 0 radical (unpaired) electrons. The maximum atomic E-state index is 12.5. The summed E-state index contributed by atoms with van der Waals surface area (Å²) in [7, 11) is -3.38. The Bertz CT molecular complexity index is 498. The van der Waals surface area contributed by atoms with E-state index < -0.39 is 10.0 Å². The number of hydrogen-bond donors (Lipinski definition) is 1. The van der Waals surface area contributed by atoms with E-state index in [0.717, 1.165) is 17.5 Å². The normalized spacial score (nSPS) is 12.1. The van der Waals surface area contributed by atoms with Gasteiger partial charge in [0, 0.05) is 19.6 Å². The minimum absolute atomic E-state index is 0.384. The third-order valence-corrected chi connectivity index (χ3v) is 5.05. The van der Waals surface area contributed by atoms with Gasteiger partial charge in [-0.2, -0.15) is 4.31 Å². The summed E-state index contributed by atoms with van der Waals surface area (Å²) in [6.07, 6.45) is 0.813. The molecule has 18 heavy (non-hydrogen) atoms. The highest BCUT2D eigenvalue weighted by molar-refractivity contribution is 7.89. The van der Waals surface area contributed by atoms with E-state index >= 15 is 0 Å². The predicted octanol–water partition coefficient (Wildman–Crippen LogP) is 1.87. The molecule has 0 bridgehead atoms. The van der Waals surface area contributed by atoms with Gasteiger partial charge in [0.2, 0.25) is 10.0 Å². The average Bonchev–Trinajstić information content (AvgIpc) is 2.35. The third kappa shape index (κ3) is 3.10. The van der Waals surface area contributed by atoms with Crippen molar-refractivity contribution in [3.05, 3.63) is 29.3 Å². The standard InChI is InChI=1S/C13H22N2O2S/c1-4-8-15(5-2)18(16,17)13-7-6-12(10-14)9-11(13)3/h6-7,9H,4-5,8,10,14H2,1-3H3. The molecule has 0 unspecified atom stereocenters. The van der Waals surface area contributed by atoms with Crippen molar-refractivity contribution in [1.29, 1.82) is 0 Å². The molecule has 2 N–H and O–H groups in total. The second kappa shape index (κ2) is 6.31. The van der Waals surface area contributed by atoms with Crippen LogP contribution in [-0.4, -0.2) is 25.8 Å². The minimum Gasteiger partial charge on any atom is -0.326 e. The molecule has 1 aromatic carbocycles. The molecule has 0 saturated heterocycles. The van der Waals surface area contributed by atoms with Gasteiger partial charge in [0.05, 0.1) is 4.90 Å². The van der Waals surface area contributed by atoms with Crippen LogP contribution in [0.2, 0.25) is 0 Å². The molecule has 102 valence electrons.